The fraction of sp³-hybridized carbons (Fsp3) is 0.500. The summed E-state index contributed by atoms with van der Waals surface area (Å²) in [6, 6.07) is 2.80. The Bertz CT molecular complexity index is 792. The number of nitro groups is 1. The minimum atomic E-state index is -0.931. The number of likely N-dealkylation sites (tertiary alicyclic amines) is 1. The highest BCUT2D eigenvalue weighted by Crippen LogP contribution is 2.24. The summed E-state index contributed by atoms with van der Waals surface area (Å²) in [6.45, 7) is 3.65. The number of likely N-dealkylation sites (N-methyl/N-ethyl adjacent to an activating group) is 1. The van der Waals surface area contributed by atoms with Gasteiger partial charge in [0.25, 0.3) is 11.6 Å². The van der Waals surface area contributed by atoms with Gasteiger partial charge in [0.1, 0.15) is 0 Å². The van der Waals surface area contributed by atoms with Gasteiger partial charge in [-0.2, -0.15) is 0 Å². The van der Waals surface area contributed by atoms with E-state index in [4.69, 9.17) is 5.11 Å². The lowest BCUT2D eigenvalue weighted by atomic mass is 9.98. The first kappa shape index (κ1) is 20.3. The molecule has 1 aromatic carbocycles. The van der Waals surface area contributed by atoms with Gasteiger partial charge in [0, 0.05) is 37.3 Å². The van der Waals surface area contributed by atoms with Crippen LogP contribution in [0.3, 0.4) is 0 Å². The number of carbonyl (C=O) groups is 3. The Morgan fingerprint density at radius 2 is 1.96 bits per heavy atom. The van der Waals surface area contributed by atoms with Crippen LogP contribution in [-0.4, -0.2) is 64.3 Å². The molecule has 1 saturated heterocycles. The van der Waals surface area contributed by atoms with Gasteiger partial charge in [0.2, 0.25) is 5.91 Å². The third-order valence-electron chi connectivity index (χ3n) is 4.81. The Labute approximate surface area is 156 Å². The highest BCUT2D eigenvalue weighted by Gasteiger charge is 2.29. The van der Waals surface area contributed by atoms with Crippen molar-refractivity contribution in [2.75, 3.05) is 26.7 Å². The van der Waals surface area contributed by atoms with Crippen LogP contribution in [0.1, 0.15) is 34.3 Å². The first-order chi connectivity index (χ1) is 12.6. The van der Waals surface area contributed by atoms with Gasteiger partial charge in [-0.15, -0.1) is 0 Å². The molecule has 1 aliphatic heterocycles. The largest absolute Gasteiger partial charge is 0.481 e. The van der Waals surface area contributed by atoms with Crippen LogP contribution in [-0.2, 0) is 9.59 Å². The lowest BCUT2D eigenvalue weighted by molar-refractivity contribution is -0.385. The standard InChI is InChI=1S/C18H23N3O6/c1-11-7-12(2)15(21(26)27)8-14(11)17(23)19(3)10-16(22)20-6-4-5-13(9-20)18(24)25/h7-8,13H,4-6,9-10H2,1-3H3,(H,24,25). The molecular weight excluding hydrogens is 354 g/mol. The number of carboxylic acid groups (broad SMARTS) is 1. The molecule has 9 heteroatoms. The van der Waals surface area contributed by atoms with E-state index in [9.17, 15) is 24.5 Å². The van der Waals surface area contributed by atoms with Gasteiger partial charge in [-0.25, -0.2) is 0 Å². The van der Waals surface area contributed by atoms with Crippen molar-refractivity contribution in [3.05, 3.63) is 38.9 Å². The van der Waals surface area contributed by atoms with E-state index >= 15 is 0 Å². The summed E-state index contributed by atoms with van der Waals surface area (Å²) in [5.41, 5.74) is 1.07. The van der Waals surface area contributed by atoms with Gasteiger partial charge in [0.15, 0.2) is 0 Å². The summed E-state index contributed by atoms with van der Waals surface area (Å²) in [5.74, 6) is -2.35. The lowest BCUT2D eigenvalue weighted by Crippen LogP contribution is -2.47. The first-order valence-electron chi connectivity index (χ1n) is 8.63. The quantitative estimate of drug-likeness (QED) is 0.615. The number of benzene rings is 1. The summed E-state index contributed by atoms with van der Waals surface area (Å²) in [5, 5.41) is 20.2. The third kappa shape index (κ3) is 4.60. The van der Waals surface area contributed by atoms with Crippen molar-refractivity contribution < 1.29 is 24.4 Å². The zero-order chi connectivity index (χ0) is 20.3. The molecule has 1 fully saturated rings. The minimum absolute atomic E-state index is 0.130. The van der Waals surface area contributed by atoms with Gasteiger partial charge in [0.05, 0.1) is 17.4 Å². The third-order valence-corrected chi connectivity index (χ3v) is 4.81. The van der Waals surface area contributed by atoms with Gasteiger partial charge < -0.3 is 14.9 Å². The van der Waals surface area contributed by atoms with Crippen molar-refractivity contribution in [3.8, 4) is 0 Å². The van der Waals surface area contributed by atoms with E-state index < -0.39 is 22.7 Å². The van der Waals surface area contributed by atoms with E-state index in [1.807, 2.05) is 0 Å². The number of aryl methyl sites for hydroxylation is 2. The number of nitro benzene ring substituents is 1. The summed E-state index contributed by atoms with van der Waals surface area (Å²) < 4.78 is 0. The monoisotopic (exact) mass is 377 g/mol. The number of carbonyl (C=O) groups excluding carboxylic acids is 2. The van der Waals surface area contributed by atoms with Crippen LogP contribution < -0.4 is 0 Å². The van der Waals surface area contributed by atoms with Gasteiger partial charge in [-0.05, 0) is 38.3 Å². The second kappa shape index (κ2) is 8.15. The molecule has 1 aliphatic rings. The number of aliphatic carboxylic acids is 1. The molecule has 0 aromatic heterocycles. The molecule has 146 valence electrons. The predicted octanol–water partition coefficient (Wildman–Crippen LogP) is 1.61. The number of hydrogen-bond donors (Lipinski definition) is 1. The Kier molecular flexibility index (Phi) is 6.14. The van der Waals surface area contributed by atoms with E-state index in [0.717, 1.165) is 0 Å². The van der Waals surface area contributed by atoms with E-state index in [0.29, 0.717) is 30.5 Å². The molecule has 1 atom stereocenters. The molecule has 1 aromatic rings. The Morgan fingerprint density at radius 3 is 2.56 bits per heavy atom. The fourth-order valence-corrected chi connectivity index (χ4v) is 3.25. The molecule has 1 unspecified atom stereocenters. The maximum absolute atomic E-state index is 12.7. The van der Waals surface area contributed by atoms with Gasteiger partial charge in [-0.1, -0.05) is 0 Å². The summed E-state index contributed by atoms with van der Waals surface area (Å²) >= 11 is 0. The SMILES string of the molecule is Cc1cc(C)c([N+](=O)[O-])cc1C(=O)N(C)CC(=O)N1CCCC(C(=O)O)C1. The smallest absolute Gasteiger partial charge is 0.308 e. The van der Waals surface area contributed by atoms with Crippen LogP contribution in [0, 0.1) is 29.9 Å². The molecule has 9 nitrogen and oxygen atoms in total. The van der Waals surface area contributed by atoms with Crippen molar-refractivity contribution in [2.24, 2.45) is 5.92 Å². The van der Waals surface area contributed by atoms with Crippen LogP contribution in [0.4, 0.5) is 5.69 Å². The molecular formula is C18H23N3O6. The van der Waals surface area contributed by atoms with Gasteiger partial charge in [-0.3, -0.25) is 24.5 Å². The summed E-state index contributed by atoms with van der Waals surface area (Å²) in [6.07, 6.45) is 1.13. The number of carboxylic acids is 1. The van der Waals surface area contributed by atoms with E-state index in [-0.39, 0.29) is 30.2 Å². The van der Waals surface area contributed by atoms with Crippen LogP contribution in [0.2, 0.25) is 0 Å². The molecule has 0 radical (unpaired) electrons. The van der Waals surface area contributed by atoms with Crippen molar-refractivity contribution in [2.45, 2.75) is 26.7 Å². The number of piperidine rings is 1. The summed E-state index contributed by atoms with van der Waals surface area (Å²) in [4.78, 5) is 49.5. The number of amides is 2. The molecule has 0 bridgehead atoms. The maximum Gasteiger partial charge on any atom is 0.308 e. The van der Waals surface area contributed by atoms with Crippen molar-refractivity contribution in [3.63, 3.8) is 0 Å². The lowest BCUT2D eigenvalue weighted by Gasteiger charge is -2.32. The maximum atomic E-state index is 12.7. The normalized spacial score (nSPS) is 16.7. The molecule has 27 heavy (non-hydrogen) atoms. The first-order valence-corrected chi connectivity index (χ1v) is 8.63. The van der Waals surface area contributed by atoms with Crippen LogP contribution in [0.25, 0.3) is 0 Å². The zero-order valence-corrected chi connectivity index (χ0v) is 15.6. The molecule has 1 N–H and O–H groups in total. The van der Waals surface area contributed by atoms with E-state index in [1.54, 1.807) is 19.9 Å². The molecule has 2 rings (SSSR count). The Morgan fingerprint density at radius 1 is 1.30 bits per heavy atom. The average molecular weight is 377 g/mol. The molecule has 0 aliphatic carbocycles. The highest BCUT2D eigenvalue weighted by atomic mass is 16.6. The highest BCUT2D eigenvalue weighted by molar-refractivity contribution is 5.98. The molecule has 0 saturated carbocycles. The Hall–Kier alpha value is -2.97. The minimum Gasteiger partial charge on any atom is -0.481 e. The molecule has 2 amide bonds. The van der Waals surface area contributed by atoms with Crippen LogP contribution in [0.15, 0.2) is 12.1 Å². The average Bonchev–Trinajstić information content (AvgIpc) is 2.60. The molecule has 1 heterocycles. The second-order valence-electron chi connectivity index (χ2n) is 6.89. The topological polar surface area (TPSA) is 121 Å². The zero-order valence-electron chi connectivity index (χ0n) is 15.6. The van der Waals surface area contributed by atoms with Crippen LogP contribution in [0.5, 0.6) is 0 Å². The Balaban J connectivity index is 2.11. The fourth-order valence-electron chi connectivity index (χ4n) is 3.25. The van der Waals surface area contributed by atoms with Crippen molar-refractivity contribution in [1.29, 1.82) is 0 Å². The summed E-state index contributed by atoms with van der Waals surface area (Å²) in [7, 11) is 1.45. The van der Waals surface area contributed by atoms with Gasteiger partial charge >= 0.3 is 5.97 Å². The molecule has 0 spiro atoms. The van der Waals surface area contributed by atoms with Crippen molar-refractivity contribution in [1.82, 2.24) is 9.80 Å². The number of rotatable bonds is 5. The van der Waals surface area contributed by atoms with E-state index in [1.165, 1.54) is 22.9 Å². The predicted molar refractivity (Wildman–Crippen MR) is 96.5 cm³/mol. The van der Waals surface area contributed by atoms with Crippen LogP contribution >= 0.6 is 0 Å². The number of hydrogen-bond acceptors (Lipinski definition) is 5. The number of nitrogens with zero attached hydrogens (tertiary/aromatic N) is 3. The van der Waals surface area contributed by atoms with Crippen molar-refractivity contribution >= 4 is 23.5 Å². The second-order valence-corrected chi connectivity index (χ2v) is 6.89. The van der Waals surface area contributed by atoms with E-state index in [2.05, 4.69) is 0 Å².